The van der Waals surface area contributed by atoms with Crippen molar-refractivity contribution in [3.8, 4) is 11.3 Å². The second kappa shape index (κ2) is 9.11. The summed E-state index contributed by atoms with van der Waals surface area (Å²) in [4.78, 5) is 16.2. The van der Waals surface area contributed by atoms with Crippen molar-refractivity contribution in [3.05, 3.63) is 54.1 Å². The van der Waals surface area contributed by atoms with Gasteiger partial charge in [0.1, 0.15) is 0 Å². The molecular formula is C23H27N3O3. The topological polar surface area (TPSA) is 75.4 Å². The minimum Gasteiger partial charge on any atom is -0.383 e. The van der Waals surface area contributed by atoms with Gasteiger partial charge in [-0.3, -0.25) is 4.79 Å². The average molecular weight is 393 g/mol. The molecule has 0 radical (unpaired) electrons. The van der Waals surface area contributed by atoms with Crippen molar-refractivity contribution in [2.75, 3.05) is 38.8 Å². The molecule has 0 spiro atoms. The van der Waals surface area contributed by atoms with Gasteiger partial charge in [-0.1, -0.05) is 30.3 Å². The van der Waals surface area contributed by atoms with Crippen molar-refractivity contribution in [1.29, 1.82) is 0 Å². The number of amides is 1. The quantitative estimate of drug-likeness (QED) is 0.534. The van der Waals surface area contributed by atoms with Gasteiger partial charge >= 0.3 is 0 Å². The predicted molar refractivity (Wildman–Crippen MR) is 115 cm³/mol. The van der Waals surface area contributed by atoms with Gasteiger partial charge in [0, 0.05) is 49.6 Å². The van der Waals surface area contributed by atoms with E-state index in [1.54, 1.807) is 7.11 Å². The first-order valence-corrected chi connectivity index (χ1v) is 10.1. The fourth-order valence-electron chi connectivity index (χ4n) is 3.69. The van der Waals surface area contributed by atoms with E-state index in [4.69, 9.17) is 9.47 Å². The van der Waals surface area contributed by atoms with Gasteiger partial charge in [0.15, 0.2) is 0 Å². The smallest absolute Gasteiger partial charge is 0.251 e. The van der Waals surface area contributed by atoms with E-state index in [1.807, 2.05) is 30.3 Å². The molecule has 1 aliphatic heterocycles. The van der Waals surface area contributed by atoms with Crippen molar-refractivity contribution in [1.82, 2.24) is 10.3 Å². The molecule has 3 N–H and O–H groups in total. The molecule has 4 rings (SSSR count). The molecule has 1 aromatic heterocycles. The second-order valence-corrected chi connectivity index (χ2v) is 7.32. The number of aromatic amines is 1. The molecule has 2 aromatic carbocycles. The Morgan fingerprint density at radius 3 is 2.72 bits per heavy atom. The Morgan fingerprint density at radius 1 is 1.17 bits per heavy atom. The highest BCUT2D eigenvalue weighted by Crippen LogP contribution is 2.31. The molecule has 0 aliphatic carbocycles. The zero-order valence-electron chi connectivity index (χ0n) is 16.7. The maximum absolute atomic E-state index is 12.7. The highest BCUT2D eigenvalue weighted by atomic mass is 16.5. The van der Waals surface area contributed by atoms with Crippen molar-refractivity contribution < 1.29 is 14.3 Å². The number of ether oxygens (including phenoxy) is 2. The summed E-state index contributed by atoms with van der Waals surface area (Å²) in [5.41, 5.74) is 4.76. The predicted octanol–water partition coefficient (Wildman–Crippen LogP) is 3.80. The van der Waals surface area contributed by atoms with E-state index in [9.17, 15) is 4.79 Å². The third kappa shape index (κ3) is 4.60. The van der Waals surface area contributed by atoms with Gasteiger partial charge in [0.25, 0.3) is 5.91 Å². The molecule has 29 heavy (non-hydrogen) atoms. The first kappa shape index (κ1) is 19.5. The van der Waals surface area contributed by atoms with E-state index in [0.717, 1.165) is 53.9 Å². The number of hydrogen-bond acceptors (Lipinski definition) is 4. The molecule has 3 aromatic rings. The fourth-order valence-corrected chi connectivity index (χ4v) is 3.69. The van der Waals surface area contributed by atoms with Gasteiger partial charge in [-0.15, -0.1) is 0 Å². The second-order valence-electron chi connectivity index (χ2n) is 7.32. The van der Waals surface area contributed by atoms with Gasteiger partial charge in [-0.2, -0.15) is 0 Å². The summed E-state index contributed by atoms with van der Waals surface area (Å²) in [6.45, 7) is 2.50. The van der Waals surface area contributed by atoms with Crippen LogP contribution in [0.25, 0.3) is 22.2 Å². The molecular weight excluding hydrogens is 366 g/mol. The number of aromatic nitrogens is 1. The molecule has 0 saturated carbocycles. The monoisotopic (exact) mass is 393 g/mol. The van der Waals surface area contributed by atoms with E-state index in [0.29, 0.717) is 24.8 Å². The molecule has 6 nitrogen and oxygen atoms in total. The number of carbonyl (C=O) groups excluding carboxylic acids is 1. The van der Waals surface area contributed by atoms with E-state index < -0.39 is 0 Å². The normalized spacial score (nSPS) is 14.8. The summed E-state index contributed by atoms with van der Waals surface area (Å²) in [5, 5.41) is 7.56. The van der Waals surface area contributed by atoms with Crippen LogP contribution in [0.3, 0.4) is 0 Å². The molecule has 1 aliphatic rings. The lowest BCUT2D eigenvalue weighted by atomic mass is 10.1. The van der Waals surface area contributed by atoms with Crippen LogP contribution in [0.15, 0.2) is 48.5 Å². The van der Waals surface area contributed by atoms with Crippen LogP contribution in [0.4, 0.5) is 5.69 Å². The van der Waals surface area contributed by atoms with Crippen LogP contribution in [0.5, 0.6) is 0 Å². The number of benzene rings is 2. The van der Waals surface area contributed by atoms with Gasteiger partial charge in [-0.05, 0) is 36.6 Å². The number of carbonyl (C=O) groups is 1. The molecule has 0 bridgehead atoms. The summed E-state index contributed by atoms with van der Waals surface area (Å²) >= 11 is 0. The molecule has 1 saturated heterocycles. The molecule has 1 amide bonds. The van der Waals surface area contributed by atoms with Crippen LogP contribution in [-0.2, 0) is 9.47 Å². The fraction of sp³-hybridized carbons (Fsp3) is 0.348. The molecule has 0 atom stereocenters. The summed E-state index contributed by atoms with van der Waals surface area (Å²) in [6, 6.07) is 16.5. The Morgan fingerprint density at radius 2 is 1.97 bits per heavy atom. The summed E-state index contributed by atoms with van der Waals surface area (Å²) < 4.78 is 10.5. The zero-order valence-corrected chi connectivity index (χ0v) is 16.7. The van der Waals surface area contributed by atoms with Crippen molar-refractivity contribution in [2.45, 2.75) is 18.9 Å². The Hall–Kier alpha value is -2.83. The number of nitrogens with one attached hydrogen (secondary N) is 3. The number of fused-ring (bicyclic) bond motifs is 1. The SMILES string of the molecule is COCCNC(=O)c1cc(NC2CCOCC2)c2[nH]c(-c3ccccc3)cc2c1. The van der Waals surface area contributed by atoms with Crippen molar-refractivity contribution in [2.24, 2.45) is 0 Å². The van der Waals surface area contributed by atoms with Crippen LogP contribution in [0.2, 0.25) is 0 Å². The average Bonchev–Trinajstić information content (AvgIpc) is 3.20. The molecule has 6 heteroatoms. The maximum atomic E-state index is 12.7. The third-order valence-electron chi connectivity index (χ3n) is 5.25. The maximum Gasteiger partial charge on any atom is 0.251 e. The molecule has 152 valence electrons. The Bertz CT molecular complexity index is 962. The van der Waals surface area contributed by atoms with E-state index in [1.165, 1.54) is 0 Å². The lowest BCUT2D eigenvalue weighted by molar-refractivity contribution is 0.0904. The number of anilines is 1. The molecule has 0 unspecified atom stereocenters. The summed E-state index contributed by atoms with van der Waals surface area (Å²) in [6.07, 6.45) is 1.91. The minimum absolute atomic E-state index is 0.0959. The van der Waals surface area contributed by atoms with Crippen LogP contribution in [-0.4, -0.2) is 50.4 Å². The lowest BCUT2D eigenvalue weighted by Gasteiger charge is -2.24. The van der Waals surface area contributed by atoms with E-state index >= 15 is 0 Å². The lowest BCUT2D eigenvalue weighted by Crippen LogP contribution is -2.29. The molecule has 1 fully saturated rings. The van der Waals surface area contributed by atoms with Crippen LogP contribution in [0.1, 0.15) is 23.2 Å². The van der Waals surface area contributed by atoms with Gasteiger partial charge in [0.2, 0.25) is 0 Å². The largest absolute Gasteiger partial charge is 0.383 e. The summed E-state index contributed by atoms with van der Waals surface area (Å²) in [5.74, 6) is -0.0959. The van der Waals surface area contributed by atoms with Gasteiger partial charge < -0.3 is 25.1 Å². The Labute approximate surface area is 170 Å². The van der Waals surface area contributed by atoms with E-state index in [2.05, 4.69) is 33.8 Å². The number of rotatable bonds is 7. The standard InChI is InChI=1S/C23H27N3O3/c1-28-12-9-24-23(27)18-13-17-14-20(16-5-3-2-4-6-16)26-22(17)21(15-18)25-19-7-10-29-11-8-19/h2-6,13-15,19,25-26H,7-12H2,1H3,(H,24,27). The summed E-state index contributed by atoms with van der Waals surface area (Å²) in [7, 11) is 1.62. The first-order valence-electron chi connectivity index (χ1n) is 10.1. The van der Waals surface area contributed by atoms with Gasteiger partial charge in [0.05, 0.1) is 17.8 Å². The van der Waals surface area contributed by atoms with Crippen LogP contribution >= 0.6 is 0 Å². The minimum atomic E-state index is -0.0959. The number of methoxy groups -OCH3 is 1. The van der Waals surface area contributed by atoms with E-state index in [-0.39, 0.29) is 5.91 Å². The highest BCUT2D eigenvalue weighted by Gasteiger charge is 2.18. The van der Waals surface area contributed by atoms with Crippen LogP contribution in [0, 0.1) is 0 Å². The van der Waals surface area contributed by atoms with Crippen molar-refractivity contribution >= 4 is 22.5 Å². The molecule has 2 heterocycles. The Kier molecular flexibility index (Phi) is 6.12. The Balaban J connectivity index is 1.69. The number of H-pyrrole nitrogens is 1. The highest BCUT2D eigenvalue weighted by molar-refractivity contribution is 6.03. The number of hydrogen-bond donors (Lipinski definition) is 3. The van der Waals surface area contributed by atoms with Gasteiger partial charge in [-0.25, -0.2) is 0 Å². The third-order valence-corrected chi connectivity index (χ3v) is 5.25. The zero-order chi connectivity index (χ0) is 20.1. The van der Waals surface area contributed by atoms with Crippen molar-refractivity contribution in [3.63, 3.8) is 0 Å². The first-order chi connectivity index (χ1) is 14.2. The van der Waals surface area contributed by atoms with Crippen LogP contribution < -0.4 is 10.6 Å².